The van der Waals surface area contributed by atoms with E-state index in [-0.39, 0.29) is 23.9 Å². The maximum absolute atomic E-state index is 13.1. The second kappa shape index (κ2) is 7.87. The lowest BCUT2D eigenvalue weighted by molar-refractivity contribution is -0.384. The summed E-state index contributed by atoms with van der Waals surface area (Å²) in [5, 5.41) is 10.8. The fourth-order valence-corrected chi connectivity index (χ4v) is 4.29. The maximum atomic E-state index is 13.1. The van der Waals surface area contributed by atoms with E-state index in [0.717, 1.165) is 16.8 Å². The summed E-state index contributed by atoms with van der Waals surface area (Å²) in [6.07, 6.45) is 0.198. The monoisotopic (exact) mass is 408 g/mol. The SMILES string of the molecule is Cc1ccc(N2C(=O)CC(N3CCN(c4ccc([N+](=O)[O-])cc4)CC3)C2=O)c(C)c1. The van der Waals surface area contributed by atoms with Crippen LogP contribution < -0.4 is 9.80 Å². The fraction of sp³-hybridized carbons (Fsp3) is 0.364. The molecule has 0 N–H and O–H groups in total. The number of benzene rings is 2. The van der Waals surface area contributed by atoms with Gasteiger partial charge in [0.25, 0.3) is 11.6 Å². The van der Waals surface area contributed by atoms with Crippen molar-refractivity contribution in [2.45, 2.75) is 26.3 Å². The maximum Gasteiger partial charge on any atom is 0.269 e. The van der Waals surface area contributed by atoms with Gasteiger partial charge in [-0.05, 0) is 37.6 Å². The van der Waals surface area contributed by atoms with Crippen molar-refractivity contribution in [1.29, 1.82) is 0 Å². The number of anilines is 2. The predicted octanol–water partition coefficient (Wildman–Crippen LogP) is 2.67. The van der Waals surface area contributed by atoms with Crippen molar-refractivity contribution in [1.82, 2.24) is 4.90 Å². The first-order valence-electron chi connectivity index (χ1n) is 10.0. The molecule has 30 heavy (non-hydrogen) atoms. The first-order valence-corrected chi connectivity index (χ1v) is 10.0. The van der Waals surface area contributed by atoms with Gasteiger partial charge in [-0.25, -0.2) is 4.90 Å². The Morgan fingerprint density at radius 2 is 1.63 bits per heavy atom. The number of piperazine rings is 1. The molecule has 0 saturated carbocycles. The van der Waals surface area contributed by atoms with Gasteiger partial charge in [0.2, 0.25) is 5.91 Å². The standard InChI is InChI=1S/C22H24N4O4/c1-15-3-8-19(16(2)13-15)25-21(27)14-20(22(25)28)24-11-9-23(10-12-24)17-4-6-18(7-5-17)26(29)30/h3-8,13,20H,9-12,14H2,1-2H3. The van der Waals surface area contributed by atoms with Gasteiger partial charge in [-0.3, -0.25) is 24.6 Å². The zero-order valence-corrected chi connectivity index (χ0v) is 17.1. The van der Waals surface area contributed by atoms with Crippen LogP contribution in [-0.4, -0.2) is 53.9 Å². The molecule has 0 radical (unpaired) electrons. The van der Waals surface area contributed by atoms with Gasteiger partial charge in [0, 0.05) is 44.0 Å². The summed E-state index contributed by atoms with van der Waals surface area (Å²) in [7, 11) is 0. The van der Waals surface area contributed by atoms with E-state index in [1.54, 1.807) is 12.1 Å². The number of hydrogen-bond acceptors (Lipinski definition) is 6. The molecule has 2 heterocycles. The van der Waals surface area contributed by atoms with Crippen molar-refractivity contribution in [3.05, 3.63) is 63.7 Å². The number of aryl methyl sites for hydroxylation is 2. The lowest BCUT2D eigenvalue weighted by Crippen LogP contribution is -2.52. The molecule has 4 rings (SSSR count). The molecule has 2 aliphatic heterocycles. The van der Waals surface area contributed by atoms with E-state index < -0.39 is 11.0 Å². The van der Waals surface area contributed by atoms with Crippen LogP contribution in [0.3, 0.4) is 0 Å². The molecule has 0 bridgehead atoms. The molecule has 1 unspecified atom stereocenters. The molecule has 156 valence electrons. The number of nitro benzene ring substituents is 1. The van der Waals surface area contributed by atoms with Crippen molar-refractivity contribution >= 4 is 28.9 Å². The number of carbonyl (C=O) groups excluding carboxylic acids is 2. The Kier molecular flexibility index (Phi) is 5.26. The number of nitrogens with zero attached hydrogens (tertiary/aromatic N) is 4. The number of non-ortho nitro benzene ring substituents is 1. The summed E-state index contributed by atoms with van der Waals surface area (Å²) in [6, 6.07) is 11.8. The van der Waals surface area contributed by atoms with Crippen molar-refractivity contribution < 1.29 is 14.5 Å². The van der Waals surface area contributed by atoms with Gasteiger partial charge in [-0.2, -0.15) is 0 Å². The Morgan fingerprint density at radius 1 is 0.967 bits per heavy atom. The lowest BCUT2D eigenvalue weighted by atomic mass is 10.1. The molecule has 0 spiro atoms. The third kappa shape index (κ3) is 3.66. The van der Waals surface area contributed by atoms with Crippen LogP contribution in [-0.2, 0) is 9.59 Å². The Morgan fingerprint density at radius 3 is 2.23 bits per heavy atom. The van der Waals surface area contributed by atoms with Crippen LogP contribution in [0.2, 0.25) is 0 Å². The molecule has 2 fully saturated rings. The fourth-order valence-electron chi connectivity index (χ4n) is 4.29. The highest BCUT2D eigenvalue weighted by molar-refractivity contribution is 6.22. The van der Waals surface area contributed by atoms with Gasteiger partial charge in [0.15, 0.2) is 0 Å². The Balaban J connectivity index is 1.43. The van der Waals surface area contributed by atoms with Crippen LogP contribution in [0.25, 0.3) is 0 Å². The number of imide groups is 1. The van der Waals surface area contributed by atoms with E-state index in [1.165, 1.54) is 17.0 Å². The van der Waals surface area contributed by atoms with Gasteiger partial charge < -0.3 is 4.90 Å². The lowest BCUT2D eigenvalue weighted by Gasteiger charge is -2.38. The Labute approximate surface area is 174 Å². The molecule has 0 aliphatic carbocycles. The van der Waals surface area contributed by atoms with E-state index in [2.05, 4.69) is 9.80 Å². The number of nitro groups is 1. The van der Waals surface area contributed by atoms with Crippen LogP contribution in [0.15, 0.2) is 42.5 Å². The quantitative estimate of drug-likeness (QED) is 0.439. The summed E-state index contributed by atoms with van der Waals surface area (Å²) in [4.78, 5) is 41.7. The highest BCUT2D eigenvalue weighted by atomic mass is 16.6. The van der Waals surface area contributed by atoms with Gasteiger partial charge in [0.05, 0.1) is 23.1 Å². The minimum absolute atomic E-state index is 0.0685. The topological polar surface area (TPSA) is 87.0 Å². The first kappa shape index (κ1) is 20.0. The largest absolute Gasteiger partial charge is 0.369 e. The Bertz CT molecular complexity index is 997. The molecule has 2 saturated heterocycles. The summed E-state index contributed by atoms with van der Waals surface area (Å²) in [6.45, 7) is 6.60. The molecular formula is C22H24N4O4. The number of carbonyl (C=O) groups is 2. The van der Waals surface area contributed by atoms with Crippen LogP contribution in [0.5, 0.6) is 0 Å². The highest BCUT2D eigenvalue weighted by Gasteiger charge is 2.43. The third-order valence-corrected chi connectivity index (χ3v) is 5.90. The van der Waals surface area contributed by atoms with Gasteiger partial charge >= 0.3 is 0 Å². The molecule has 2 aromatic rings. The first-order chi connectivity index (χ1) is 14.3. The van der Waals surface area contributed by atoms with Gasteiger partial charge in [0.1, 0.15) is 0 Å². The van der Waals surface area contributed by atoms with Crippen molar-refractivity contribution in [2.24, 2.45) is 0 Å². The smallest absolute Gasteiger partial charge is 0.269 e. The molecule has 2 aromatic carbocycles. The average molecular weight is 408 g/mol. The van der Waals surface area contributed by atoms with Crippen LogP contribution in [0.1, 0.15) is 17.5 Å². The number of amides is 2. The molecule has 0 aromatic heterocycles. The zero-order valence-electron chi connectivity index (χ0n) is 17.1. The van der Waals surface area contributed by atoms with Crippen molar-refractivity contribution in [3.8, 4) is 0 Å². The molecule has 2 amide bonds. The van der Waals surface area contributed by atoms with Gasteiger partial charge in [-0.1, -0.05) is 17.7 Å². The van der Waals surface area contributed by atoms with E-state index >= 15 is 0 Å². The molecule has 8 nitrogen and oxygen atoms in total. The second-order valence-electron chi connectivity index (χ2n) is 7.87. The summed E-state index contributed by atoms with van der Waals surface area (Å²) < 4.78 is 0. The zero-order chi connectivity index (χ0) is 21.4. The summed E-state index contributed by atoms with van der Waals surface area (Å²) in [5.74, 6) is -0.314. The van der Waals surface area contributed by atoms with Gasteiger partial charge in [-0.15, -0.1) is 0 Å². The highest BCUT2D eigenvalue weighted by Crippen LogP contribution is 2.30. The van der Waals surface area contributed by atoms with Crippen LogP contribution >= 0.6 is 0 Å². The molecular weight excluding hydrogens is 384 g/mol. The minimum Gasteiger partial charge on any atom is -0.369 e. The van der Waals surface area contributed by atoms with Crippen molar-refractivity contribution in [3.63, 3.8) is 0 Å². The second-order valence-corrected chi connectivity index (χ2v) is 7.87. The van der Waals surface area contributed by atoms with Crippen LogP contribution in [0, 0.1) is 24.0 Å². The Hall–Kier alpha value is -3.26. The van der Waals surface area contributed by atoms with E-state index in [1.807, 2.05) is 32.0 Å². The summed E-state index contributed by atoms with van der Waals surface area (Å²) in [5.41, 5.74) is 3.67. The molecule has 8 heteroatoms. The molecule has 2 aliphatic rings. The third-order valence-electron chi connectivity index (χ3n) is 5.90. The van der Waals surface area contributed by atoms with E-state index in [4.69, 9.17) is 0 Å². The minimum atomic E-state index is -0.433. The van der Waals surface area contributed by atoms with Crippen molar-refractivity contribution in [2.75, 3.05) is 36.0 Å². The van der Waals surface area contributed by atoms with E-state index in [0.29, 0.717) is 31.9 Å². The number of hydrogen-bond donors (Lipinski definition) is 0. The summed E-state index contributed by atoms with van der Waals surface area (Å²) >= 11 is 0. The van der Waals surface area contributed by atoms with E-state index in [9.17, 15) is 19.7 Å². The number of rotatable bonds is 4. The predicted molar refractivity (Wildman–Crippen MR) is 114 cm³/mol. The molecule has 1 atom stereocenters. The normalized spacial score (nSPS) is 20.1. The van der Waals surface area contributed by atoms with Crippen LogP contribution in [0.4, 0.5) is 17.1 Å². The average Bonchev–Trinajstić information content (AvgIpc) is 3.02.